The van der Waals surface area contributed by atoms with Crippen LogP contribution in [-0.2, 0) is 12.7 Å². The largest absolute Gasteiger partial charge is 0.417 e. The molecule has 0 aliphatic rings. The first-order chi connectivity index (χ1) is 6.95. The fraction of sp³-hybridized carbons (Fsp3) is 0.400. The van der Waals surface area contributed by atoms with Crippen LogP contribution in [0.3, 0.4) is 0 Å². The summed E-state index contributed by atoms with van der Waals surface area (Å²) in [5.74, 6) is 0. The van der Waals surface area contributed by atoms with Gasteiger partial charge in [-0.3, -0.25) is 0 Å². The molecule has 0 saturated heterocycles. The van der Waals surface area contributed by atoms with Gasteiger partial charge in [0.1, 0.15) is 0 Å². The Morgan fingerprint density at radius 3 is 2.47 bits per heavy atom. The lowest BCUT2D eigenvalue weighted by molar-refractivity contribution is -0.138. The van der Waals surface area contributed by atoms with Gasteiger partial charge in [-0.15, -0.1) is 0 Å². The van der Waals surface area contributed by atoms with Gasteiger partial charge in [-0.05, 0) is 24.2 Å². The molecule has 0 aromatic heterocycles. The second kappa shape index (κ2) is 4.99. The lowest BCUT2D eigenvalue weighted by atomic mass is 10.1. The maximum atomic E-state index is 12.4. The summed E-state index contributed by atoms with van der Waals surface area (Å²) in [6.07, 6.45) is -4.30. The molecular formula is C10H11BrF3N. The molecule has 0 atom stereocenters. The van der Waals surface area contributed by atoms with Gasteiger partial charge in [-0.2, -0.15) is 13.2 Å². The number of hydrogen-bond acceptors (Lipinski definition) is 1. The molecule has 1 aromatic carbocycles. The standard InChI is InChI=1S/C10H11BrF3N/c1-2-15-6-7-3-4-8(9(11)5-7)10(12,13)14/h3-5,15H,2,6H2,1H3. The molecule has 0 spiro atoms. The van der Waals surface area contributed by atoms with Crippen LogP contribution in [0.1, 0.15) is 18.1 Å². The molecule has 0 unspecified atom stereocenters. The number of rotatable bonds is 3. The molecule has 84 valence electrons. The summed E-state index contributed by atoms with van der Waals surface area (Å²) in [7, 11) is 0. The fourth-order valence-corrected chi connectivity index (χ4v) is 1.82. The van der Waals surface area contributed by atoms with E-state index in [1.165, 1.54) is 12.1 Å². The first-order valence-electron chi connectivity index (χ1n) is 4.51. The summed E-state index contributed by atoms with van der Waals surface area (Å²) in [6, 6.07) is 4.07. The van der Waals surface area contributed by atoms with Crippen molar-refractivity contribution in [3.8, 4) is 0 Å². The van der Waals surface area contributed by atoms with Gasteiger partial charge in [-0.1, -0.05) is 28.9 Å². The molecule has 0 saturated carbocycles. The molecule has 15 heavy (non-hydrogen) atoms. The second-order valence-corrected chi connectivity index (χ2v) is 3.95. The highest BCUT2D eigenvalue weighted by Gasteiger charge is 2.32. The summed E-state index contributed by atoms with van der Waals surface area (Å²) >= 11 is 2.93. The van der Waals surface area contributed by atoms with Crippen molar-refractivity contribution in [2.45, 2.75) is 19.6 Å². The minimum Gasteiger partial charge on any atom is -0.313 e. The minimum absolute atomic E-state index is 0.0883. The van der Waals surface area contributed by atoms with Crippen molar-refractivity contribution < 1.29 is 13.2 Å². The van der Waals surface area contributed by atoms with Crippen molar-refractivity contribution >= 4 is 15.9 Å². The zero-order chi connectivity index (χ0) is 11.5. The third-order valence-corrected chi connectivity index (χ3v) is 2.57. The number of nitrogens with one attached hydrogen (secondary N) is 1. The Balaban J connectivity index is 2.89. The predicted molar refractivity (Wildman–Crippen MR) is 56.5 cm³/mol. The Labute approximate surface area is 94.8 Å². The first kappa shape index (κ1) is 12.5. The summed E-state index contributed by atoms with van der Waals surface area (Å²) < 4.78 is 37.2. The fourth-order valence-electron chi connectivity index (χ4n) is 1.17. The lowest BCUT2D eigenvalue weighted by Crippen LogP contribution is -2.12. The molecule has 0 aliphatic carbocycles. The van der Waals surface area contributed by atoms with Crippen LogP contribution in [0.15, 0.2) is 22.7 Å². The highest BCUT2D eigenvalue weighted by Crippen LogP contribution is 2.35. The minimum atomic E-state index is -4.30. The van der Waals surface area contributed by atoms with Crippen LogP contribution in [0.5, 0.6) is 0 Å². The van der Waals surface area contributed by atoms with E-state index in [1.807, 2.05) is 6.92 Å². The molecule has 5 heteroatoms. The number of halogens is 4. The van der Waals surface area contributed by atoms with Gasteiger partial charge in [-0.25, -0.2) is 0 Å². The van der Waals surface area contributed by atoms with Crippen molar-refractivity contribution in [1.82, 2.24) is 5.32 Å². The molecule has 1 N–H and O–H groups in total. The molecule has 1 nitrogen and oxygen atoms in total. The Hall–Kier alpha value is -0.550. The third-order valence-electron chi connectivity index (χ3n) is 1.92. The molecule has 0 heterocycles. The van der Waals surface area contributed by atoms with E-state index in [4.69, 9.17) is 0 Å². The van der Waals surface area contributed by atoms with Crippen LogP contribution in [0, 0.1) is 0 Å². The normalized spacial score (nSPS) is 11.8. The van der Waals surface area contributed by atoms with E-state index >= 15 is 0 Å². The van der Waals surface area contributed by atoms with Crippen molar-refractivity contribution in [2.75, 3.05) is 6.54 Å². The smallest absolute Gasteiger partial charge is 0.313 e. The van der Waals surface area contributed by atoms with E-state index in [-0.39, 0.29) is 4.47 Å². The highest BCUT2D eigenvalue weighted by atomic mass is 79.9. The zero-order valence-electron chi connectivity index (χ0n) is 8.16. The Bertz CT molecular complexity index is 336. The Morgan fingerprint density at radius 1 is 1.33 bits per heavy atom. The van der Waals surface area contributed by atoms with E-state index in [0.717, 1.165) is 18.2 Å². The van der Waals surface area contributed by atoms with E-state index in [1.54, 1.807) is 0 Å². The van der Waals surface area contributed by atoms with Gasteiger partial charge in [0.15, 0.2) is 0 Å². The Morgan fingerprint density at radius 2 is 2.00 bits per heavy atom. The average Bonchev–Trinajstić information content (AvgIpc) is 2.12. The molecular weight excluding hydrogens is 271 g/mol. The van der Waals surface area contributed by atoms with Gasteiger partial charge in [0.2, 0.25) is 0 Å². The maximum absolute atomic E-state index is 12.4. The van der Waals surface area contributed by atoms with Crippen molar-refractivity contribution in [3.05, 3.63) is 33.8 Å². The van der Waals surface area contributed by atoms with E-state index in [2.05, 4.69) is 21.2 Å². The number of hydrogen-bond donors (Lipinski definition) is 1. The lowest BCUT2D eigenvalue weighted by Gasteiger charge is -2.10. The number of benzene rings is 1. The SMILES string of the molecule is CCNCc1ccc(C(F)(F)F)c(Br)c1. The van der Waals surface area contributed by atoms with Gasteiger partial charge < -0.3 is 5.32 Å². The quantitative estimate of drug-likeness (QED) is 0.893. The van der Waals surface area contributed by atoms with Gasteiger partial charge in [0, 0.05) is 11.0 Å². The second-order valence-electron chi connectivity index (χ2n) is 3.09. The molecule has 1 rings (SSSR count). The molecule has 0 aliphatic heterocycles. The molecule has 0 radical (unpaired) electrons. The van der Waals surface area contributed by atoms with E-state index in [9.17, 15) is 13.2 Å². The molecule has 1 aromatic rings. The highest BCUT2D eigenvalue weighted by molar-refractivity contribution is 9.10. The zero-order valence-corrected chi connectivity index (χ0v) is 9.74. The summed E-state index contributed by atoms with van der Waals surface area (Å²) in [4.78, 5) is 0. The van der Waals surface area contributed by atoms with Gasteiger partial charge in [0.25, 0.3) is 0 Å². The van der Waals surface area contributed by atoms with Crippen molar-refractivity contribution in [3.63, 3.8) is 0 Å². The van der Waals surface area contributed by atoms with Crippen LogP contribution in [-0.4, -0.2) is 6.54 Å². The van der Waals surface area contributed by atoms with Crippen LogP contribution in [0.2, 0.25) is 0 Å². The van der Waals surface area contributed by atoms with Crippen LogP contribution in [0.25, 0.3) is 0 Å². The maximum Gasteiger partial charge on any atom is 0.417 e. The van der Waals surface area contributed by atoms with Gasteiger partial charge in [0.05, 0.1) is 5.56 Å². The third kappa shape index (κ3) is 3.50. The van der Waals surface area contributed by atoms with Crippen LogP contribution >= 0.6 is 15.9 Å². The van der Waals surface area contributed by atoms with Crippen LogP contribution in [0.4, 0.5) is 13.2 Å². The van der Waals surface area contributed by atoms with Gasteiger partial charge >= 0.3 is 6.18 Å². The monoisotopic (exact) mass is 281 g/mol. The van der Waals surface area contributed by atoms with Crippen LogP contribution < -0.4 is 5.32 Å². The van der Waals surface area contributed by atoms with Crippen molar-refractivity contribution in [2.24, 2.45) is 0 Å². The predicted octanol–water partition coefficient (Wildman–Crippen LogP) is 3.58. The Kier molecular flexibility index (Phi) is 4.16. The van der Waals surface area contributed by atoms with E-state index in [0.29, 0.717) is 6.54 Å². The average molecular weight is 282 g/mol. The summed E-state index contributed by atoms with van der Waals surface area (Å²) in [5, 5.41) is 3.05. The van der Waals surface area contributed by atoms with E-state index < -0.39 is 11.7 Å². The van der Waals surface area contributed by atoms with Crippen molar-refractivity contribution in [1.29, 1.82) is 0 Å². The molecule has 0 amide bonds. The summed E-state index contributed by atoms with van der Waals surface area (Å²) in [6.45, 7) is 3.31. The number of alkyl halides is 3. The topological polar surface area (TPSA) is 12.0 Å². The summed E-state index contributed by atoms with van der Waals surface area (Å²) in [5.41, 5.74) is 0.194. The molecule has 0 fully saturated rings. The first-order valence-corrected chi connectivity index (χ1v) is 5.30. The molecule has 0 bridgehead atoms.